The third kappa shape index (κ3) is 8.15. The summed E-state index contributed by atoms with van der Waals surface area (Å²) in [5.41, 5.74) is 0. The predicted octanol–water partition coefficient (Wildman–Crippen LogP) is -1.46. The van der Waals surface area contributed by atoms with E-state index in [2.05, 4.69) is 32.1 Å². The molecule has 1 aliphatic rings. The Morgan fingerprint density at radius 1 is 0.800 bits per heavy atom. The van der Waals surface area contributed by atoms with E-state index in [0.717, 1.165) is 52.4 Å². The summed E-state index contributed by atoms with van der Waals surface area (Å²) < 4.78 is 0. The van der Waals surface area contributed by atoms with Crippen LogP contribution in [0.4, 0.5) is 0 Å². The van der Waals surface area contributed by atoms with Crippen molar-refractivity contribution in [3.8, 4) is 0 Å². The van der Waals surface area contributed by atoms with Gasteiger partial charge >= 0.3 is 0 Å². The third-order valence-electron chi connectivity index (χ3n) is 2.06. The van der Waals surface area contributed by atoms with Crippen LogP contribution in [0.1, 0.15) is 0 Å². The zero-order valence-corrected chi connectivity index (χ0v) is 9.18. The van der Waals surface area contributed by atoms with E-state index in [4.69, 9.17) is 0 Å². The van der Waals surface area contributed by atoms with E-state index >= 15 is 0 Å². The summed E-state index contributed by atoms with van der Waals surface area (Å²) in [6.45, 7) is 7.64. The number of nitrogens with zero attached hydrogens (tertiary/aromatic N) is 1. The van der Waals surface area contributed by atoms with E-state index in [1.54, 1.807) is 6.20 Å². The molecule has 1 aliphatic heterocycles. The topological polar surface area (TPSA) is 60.5 Å². The van der Waals surface area contributed by atoms with Crippen molar-refractivity contribution in [1.82, 2.24) is 21.3 Å². The van der Waals surface area contributed by atoms with Gasteiger partial charge in [-0.15, -0.1) is 0 Å². The first-order valence-corrected chi connectivity index (χ1v) is 5.59. The Kier molecular flexibility index (Phi) is 7.87. The standard InChI is InChI=1S/C10H21N5/c1-2-12-5-6-14-9-10-15-8-7-13-4-3-11-1/h1,11,13-15H,3-10H2. The molecule has 0 atom stereocenters. The largest absolute Gasteiger partial charge is 0.382 e. The van der Waals surface area contributed by atoms with Crippen LogP contribution in [0.25, 0.3) is 0 Å². The van der Waals surface area contributed by atoms with E-state index in [9.17, 15) is 0 Å². The molecule has 0 aliphatic carbocycles. The van der Waals surface area contributed by atoms with Crippen LogP contribution in [-0.2, 0) is 0 Å². The van der Waals surface area contributed by atoms with E-state index in [1.807, 2.05) is 0 Å². The van der Waals surface area contributed by atoms with Crippen molar-refractivity contribution in [2.24, 2.45) is 4.99 Å². The van der Waals surface area contributed by atoms with Gasteiger partial charge in [-0.2, -0.15) is 0 Å². The van der Waals surface area contributed by atoms with Crippen LogP contribution in [0, 0.1) is 0 Å². The second kappa shape index (κ2) is 9.68. The summed E-state index contributed by atoms with van der Waals surface area (Å²) in [5.74, 6) is 2.86. The van der Waals surface area contributed by atoms with Crippen LogP contribution in [0.15, 0.2) is 11.2 Å². The lowest BCUT2D eigenvalue weighted by molar-refractivity contribution is 0.581. The van der Waals surface area contributed by atoms with Crippen LogP contribution in [0.3, 0.4) is 0 Å². The maximum Gasteiger partial charge on any atom is 0.0609 e. The Labute approximate surface area is 91.4 Å². The van der Waals surface area contributed by atoms with E-state index in [1.165, 1.54) is 0 Å². The summed E-state index contributed by atoms with van der Waals surface area (Å²) >= 11 is 0. The first-order chi connectivity index (χ1) is 7.50. The molecular formula is C10H21N5. The van der Waals surface area contributed by atoms with Crippen LogP contribution in [0.2, 0.25) is 0 Å². The molecule has 0 amide bonds. The minimum Gasteiger partial charge on any atom is -0.382 e. The van der Waals surface area contributed by atoms with E-state index in [0.29, 0.717) is 0 Å². The summed E-state index contributed by atoms with van der Waals surface area (Å²) in [6.07, 6.45) is 1.78. The van der Waals surface area contributed by atoms with Crippen LogP contribution in [-0.4, -0.2) is 58.2 Å². The third-order valence-corrected chi connectivity index (χ3v) is 2.06. The van der Waals surface area contributed by atoms with Crippen LogP contribution in [0.5, 0.6) is 0 Å². The molecule has 0 saturated carbocycles. The molecule has 5 nitrogen and oxygen atoms in total. The van der Waals surface area contributed by atoms with E-state index in [-0.39, 0.29) is 0 Å². The molecule has 0 aromatic carbocycles. The fourth-order valence-corrected chi connectivity index (χ4v) is 1.25. The quantitative estimate of drug-likeness (QED) is 0.396. The molecule has 5 heteroatoms. The monoisotopic (exact) mass is 211 g/mol. The molecule has 4 N–H and O–H groups in total. The van der Waals surface area contributed by atoms with Crippen molar-refractivity contribution in [2.75, 3.05) is 52.4 Å². The van der Waals surface area contributed by atoms with Gasteiger partial charge in [0.15, 0.2) is 0 Å². The van der Waals surface area contributed by atoms with Gasteiger partial charge in [-0.25, -0.2) is 4.99 Å². The Morgan fingerprint density at radius 3 is 2.13 bits per heavy atom. The van der Waals surface area contributed by atoms with Crippen molar-refractivity contribution in [3.63, 3.8) is 0 Å². The molecule has 15 heavy (non-hydrogen) atoms. The molecule has 0 aromatic rings. The van der Waals surface area contributed by atoms with Gasteiger partial charge in [0.1, 0.15) is 0 Å². The number of hydrogen-bond acceptors (Lipinski definition) is 5. The van der Waals surface area contributed by atoms with Crippen molar-refractivity contribution < 1.29 is 0 Å². The van der Waals surface area contributed by atoms with Crippen LogP contribution < -0.4 is 21.3 Å². The predicted molar refractivity (Wildman–Crippen MR) is 63.5 cm³/mol. The Balaban J connectivity index is 2.16. The highest BCUT2D eigenvalue weighted by molar-refractivity contribution is 5.50. The summed E-state index contributed by atoms with van der Waals surface area (Å²) in [5, 5.41) is 13.1. The highest BCUT2D eigenvalue weighted by Crippen LogP contribution is 1.67. The lowest BCUT2D eigenvalue weighted by Gasteiger charge is -2.06. The Bertz CT molecular complexity index is 180. The summed E-state index contributed by atoms with van der Waals surface area (Å²) in [6, 6.07) is 0. The van der Waals surface area contributed by atoms with Gasteiger partial charge in [-0.1, -0.05) is 0 Å². The molecule has 0 spiro atoms. The summed E-state index contributed by atoms with van der Waals surface area (Å²) in [7, 11) is 0. The van der Waals surface area contributed by atoms with E-state index < -0.39 is 0 Å². The minimum atomic E-state index is 0.788. The molecule has 0 fully saturated rings. The van der Waals surface area contributed by atoms with Gasteiger partial charge in [0.2, 0.25) is 0 Å². The maximum atomic E-state index is 4.11. The average molecular weight is 211 g/mol. The molecule has 1 rings (SSSR count). The molecule has 86 valence electrons. The van der Waals surface area contributed by atoms with Gasteiger partial charge in [-0.3, -0.25) is 0 Å². The SMILES string of the molecule is C1=CNCCNCCNCCNCCN=1. The highest BCUT2D eigenvalue weighted by Gasteiger charge is 1.89. The second-order valence-electron chi connectivity index (χ2n) is 3.36. The van der Waals surface area contributed by atoms with Crippen LogP contribution >= 0.6 is 0 Å². The van der Waals surface area contributed by atoms with Gasteiger partial charge < -0.3 is 21.3 Å². The molecule has 0 bridgehead atoms. The molecule has 0 unspecified atom stereocenters. The van der Waals surface area contributed by atoms with Gasteiger partial charge in [0.05, 0.1) is 12.7 Å². The van der Waals surface area contributed by atoms with Gasteiger partial charge in [-0.05, 0) is 5.87 Å². The molecule has 0 saturated heterocycles. The number of hydrogen-bond donors (Lipinski definition) is 4. The average Bonchev–Trinajstić information content (AvgIpc) is 2.27. The lowest BCUT2D eigenvalue weighted by Crippen LogP contribution is -2.34. The highest BCUT2D eigenvalue weighted by atomic mass is 15.0. The second-order valence-corrected chi connectivity index (χ2v) is 3.36. The van der Waals surface area contributed by atoms with Crippen molar-refractivity contribution in [3.05, 3.63) is 6.20 Å². The fourth-order valence-electron chi connectivity index (χ4n) is 1.25. The van der Waals surface area contributed by atoms with Crippen molar-refractivity contribution in [1.29, 1.82) is 0 Å². The summed E-state index contributed by atoms with van der Waals surface area (Å²) in [4.78, 5) is 4.11. The molecule has 0 aromatic heterocycles. The van der Waals surface area contributed by atoms with Gasteiger partial charge in [0, 0.05) is 45.8 Å². The zero-order chi connectivity index (χ0) is 10.6. The Morgan fingerprint density at radius 2 is 1.40 bits per heavy atom. The molecule has 0 radical (unpaired) electrons. The number of rotatable bonds is 0. The smallest absolute Gasteiger partial charge is 0.0609 e. The van der Waals surface area contributed by atoms with Crippen molar-refractivity contribution in [2.45, 2.75) is 0 Å². The minimum absolute atomic E-state index is 0.788. The zero-order valence-electron chi connectivity index (χ0n) is 9.18. The van der Waals surface area contributed by atoms with Crippen molar-refractivity contribution >= 4 is 5.87 Å². The molecular weight excluding hydrogens is 190 g/mol. The van der Waals surface area contributed by atoms with Gasteiger partial charge in [0.25, 0.3) is 0 Å². The first-order valence-electron chi connectivity index (χ1n) is 5.59. The Hall–Kier alpha value is -0.870. The number of nitrogens with one attached hydrogen (secondary N) is 4. The first kappa shape index (κ1) is 12.2. The maximum absolute atomic E-state index is 4.11. The lowest BCUT2D eigenvalue weighted by atomic mass is 10.5. The number of aliphatic imine (C=N–C) groups is 1. The normalized spacial score (nSPS) is 21.3. The fraction of sp³-hybridized carbons (Fsp3) is 0.800. The molecule has 1 heterocycles.